The van der Waals surface area contributed by atoms with Crippen molar-refractivity contribution in [3.63, 3.8) is 0 Å². The molecule has 1 heteroatoms. The van der Waals surface area contributed by atoms with Crippen LogP contribution in [0.1, 0.15) is 18.9 Å². The SMILES string of the molecule is CC[C@@H]1C=CCN(Cc2ccccc2)C1. The Hall–Kier alpha value is -1.08. The molecule has 1 heterocycles. The van der Waals surface area contributed by atoms with Crippen LogP contribution in [0.25, 0.3) is 0 Å². The van der Waals surface area contributed by atoms with Crippen LogP contribution in [0.15, 0.2) is 42.5 Å². The quantitative estimate of drug-likeness (QED) is 0.679. The molecule has 0 radical (unpaired) electrons. The van der Waals surface area contributed by atoms with Gasteiger partial charge in [0.15, 0.2) is 0 Å². The molecular weight excluding hydrogens is 182 g/mol. The summed E-state index contributed by atoms with van der Waals surface area (Å²) in [5.74, 6) is 0.752. The molecule has 15 heavy (non-hydrogen) atoms. The first-order valence-electron chi connectivity index (χ1n) is 5.81. The fourth-order valence-corrected chi connectivity index (χ4v) is 2.11. The van der Waals surface area contributed by atoms with E-state index in [0.717, 1.165) is 19.0 Å². The van der Waals surface area contributed by atoms with Crippen molar-refractivity contribution in [2.45, 2.75) is 19.9 Å². The number of rotatable bonds is 3. The maximum atomic E-state index is 2.52. The van der Waals surface area contributed by atoms with E-state index < -0.39 is 0 Å². The van der Waals surface area contributed by atoms with Gasteiger partial charge in [0.1, 0.15) is 0 Å². The van der Waals surface area contributed by atoms with E-state index in [0.29, 0.717) is 0 Å². The van der Waals surface area contributed by atoms with E-state index in [-0.39, 0.29) is 0 Å². The fraction of sp³-hybridized carbons (Fsp3) is 0.429. The highest BCUT2D eigenvalue weighted by Crippen LogP contribution is 2.15. The van der Waals surface area contributed by atoms with E-state index >= 15 is 0 Å². The Labute approximate surface area is 92.4 Å². The van der Waals surface area contributed by atoms with Crippen LogP contribution in [0.2, 0.25) is 0 Å². The second-order valence-corrected chi connectivity index (χ2v) is 4.28. The van der Waals surface area contributed by atoms with Crippen molar-refractivity contribution in [3.8, 4) is 0 Å². The van der Waals surface area contributed by atoms with Crippen molar-refractivity contribution in [3.05, 3.63) is 48.0 Å². The molecule has 0 aliphatic carbocycles. The van der Waals surface area contributed by atoms with Crippen molar-refractivity contribution < 1.29 is 0 Å². The predicted molar refractivity (Wildman–Crippen MR) is 64.6 cm³/mol. The fourth-order valence-electron chi connectivity index (χ4n) is 2.11. The molecule has 0 N–H and O–H groups in total. The van der Waals surface area contributed by atoms with Crippen LogP contribution in [-0.2, 0) is 6.54 Å². The molecule has 0 aromatic heterocycles. The predicted octanol–water partition coefficient (Wildman–Crippen LogP) is 3.08. The molecule has 0 saturated carbocycles. The average Bonchev–Trinajstić information content (AvgIpc) is 2.31. The third-order valence-electron chi connectivity index (χ3n) is 3.04. The Morgan fingerprint density at radius 1 is 1.27 bits per heavy atom. The summed E-state index contributed by atoms with van der Waals surface area (Å²) in [5, 5.41) is 0. The first kappa shape index (κ1) is 10.4. The van der Waals surface area contributed by atoms with Gasteiger partial charge in [0.05, 0.1) is 0 Å². The van der Waals surface area contributed by atoms with Crippen LogP contribution in [0.3, 0.4) is 0 Å². The molecule has 80 valence electrons. The molecule has 0 saturated heterocycles. The summed E-state index contributed by atoms with van der Waals surface area (Å²) >= 11 is 0. The molecule has 1 aromatic carbocycles. The maximum absolute atomic E-state index is 2.52. The average molecular weight is 201 g/mol. The van der Waals surface area contributed by atoms with Crippen molar-refractivity contribution in [2.24, 2.45) is 5.92 Å². The molecule has 0 spiro atoms. The van der Waals surface area contributed by atoms with E-state index in [1.807, 2.05) is 0 Å². The maximum Gasteiger partial charge on any atom is 0.0237 e. The normalized spacial score (nSPS) is 21.8. The number of hydrogen-bond acceptors (Lipinski definition) is 1. The highest BCUT2D eigenvalue weighted by Gasteiger charge is 2.13. The second-order valence-electron chi connectivity index (χ2n) is 4.28. The van der Waals surface area contributed by atoms with Crippen molar-refractivity contribution in [2.75, 3.05) is 13.1 Å². The molecule has 2 rings (SSSR count). The van der Waals surface area contributed by atoms with Crippen LogP contribution in [0.5, 0.6) is 0 Å². The van der Waals surface area contributed by atoms with Crippen molar-refractivity contribution >= 4 is 0 Å². The van der Waals surface area contributed by atoms with E-state index in [1.54, 1.807) is 0 Å². The third kappa shape index (κ3) is 2.93. The lowest BCUT2D eigenvalue weighted by molar-refractivity contribution is 0.248. The largest absolute Gasteiger partial charge is 0.295 e. The lowest BCUT2D eigenvalue weighted by atomic mass is 10.0. The smallest absolute Gasteiger partial charge is 0.0237 e. The minimum atomic E-state index is 0.752. The molecule has 0 amide bonds. The van der Waals surface area contributed by atoms with Gasteiger partial charge in [-0.2, -0.15) is 0 Å². The summed E-state index contributed by atoms with van der Waals surface area (Å²) in [6.07, 6.45) is 5.92. The van der Waals surface area contributed by atoms with Gasteiger partial charge < -0.3 is 0 Å². The number of nitrogens with zero attached hydrogens (tertiary/aromatic N) is 1. The van der Waals surface area contributed by atoms with E-state index in [4.69, 9.17) is 0 Å². The van der Waals surface area contributed by atoms with E-state index in [1.165, 1.54) is 18.5 Å². The van der Waals surface area contributed by atoms with Gasteiger partial charge in [0.2, 0.25) is 0 Å². The Bertz CT molecular complexity index is 315. The van der Waals surface area contributed by atoms with Crippen LogP contribution in [-0.4, -0.2) is 18.0 Å². The molecule has 0 unspecified atom stereocenters. The monoisotopic (exact) mass is 201 g/mol. The minimum absolute atomic E-state index is 0.752. The lowest BCUT2D eigenvalue weighted by Gasteiger charge is -2.28. The first-order chi connectivity index (χ1) is 7.38. The van der Waals surface area contributed by atoms with Gasteiger partial charge in [-0.3, -0.25) is 4.90 Å². The zero-order valence-corrected chi connectivity index (χ0v) is 9.39. The summed E-state index contributed by atoms with van der Waals surface area (Å²) in [6.45, 7) is 5.66. The summed E-state index contributed by atoms with van der Waals surface area (Å²) in [6, 6.07) is 10.7. The second kappa shape index (κ2) is 5.13. The van der Waals surface area contributed by atoms with Gasteiger partial charge in [-0.15, -0.1) is 0 Å². The molecule has 1 nitrogen and oxygen atoms in total. The minimum Gasteiger partial charge on any atom is -0.295 e. The van der Waals surface area contributed by atoms with Gasteiger partial charge in [-0.05, 0) is 17.9 Å². The molecule has 0 fully saturated rings. The van der Waals surface area contributed by atoms with Gasteiger partial charge in [-0.25, -0.2) is 0 Å². The highest BCUT2D eigenvalue weighted by molar-refractivity contribution is 5.15. The van der Waals surface area contributed by atoms with Gasteiger partial charge in [0, 0.05) is 19.6 Å². The lowest BCUT2D eigenvalue weighted by Crippen LogP contribution is -2.31. The van der Waals surface area contributed by atoms with Crippen LogP contribution in [0.4, 0.5) is 0 Å². The Morgan fingerprint density at radius 3 is 2.80 bits per heavy atom. The first-order valence-corrected chi connectivity index (χ1v) is 5.81. The zero-order valence-electron chi connectivity index (χ0n) is 9.39. The highest BCUT2D eigenvalue weighted by atomic mass is 15.1. The third-order valence-corrected chi connectivity index (χ3v) is 3.04. The molecule has 0 bridgehead atoms. The molecule has 1 aliphatic heterocycles. The van der Waals surface area contributed by atoms with Crippen LogP contribution >= 0.6 is 0 Å². The summed E-state index contributed by atoms with van der Waals surface area (Å²) < 4.78 is 0. The van der Waals surface area contributed by atoms with E-state index in [2.05, 4.69) is 54.3 Å². The zero-order chi connectivity index (χ0) is 10.5. The Kier molecular flexibility index (Phi) is 3.57. The summed E-state index contributed by atoms with van der Waals surface area (Å²) in [4.78, 5) is 2.52. The summed E-state index contributed by atoms with van der Waals surface area (Å²) in [5.41, 5.74) is 1.42. The van der Waals surface area contributed by atoms with Crippen LogP contribution < -0.4 is 0 Å². The van der Waals surface area contributed by atoms with Crippen LogP contribution in [0, 0.1) is 5.92 Å². The molecular formula is C14H19N. The van der Waals surface area contributed by atoms with E-state index in [9.17, 15) is 0 Å². The summed E-state index contributed by atoms with van der Waals surface area (Å²) in [7, 11) is 0. The Morgan fingerprint density at radius 2 is 2.07 bits per heavy atom. The Balaban J connectivity index is 1.93. The van der Waals surface area contributed by atoms with Gasteiger partial charge in [0.25, 0.3) is 0 Å². The molecule has 1 aromatic rings. The number of hydrogen-bond donors (Lipinski definition) is 0. The van der Waals surface area contributed by atoms with Crippen molar-refractivity contribution in [1.29, 1.82) is 0 Å². The van der Waals surface area contributed by atoms with Crippen molar-refractivity contribution in [1.82, 2.24) is 4.90 Å². The number of benzene rings is 1. The standard InChI is InChI=1S/C14H19N/c1-2-13-9-6-10-15(11-13)12-14-7-4-3-5-8-14/h3-9,13H,2,10-12H2,1H3/t13-/m1/s1. The van der Waals surface area contributed by atoms with Gasteiger partial charge in [-0.1, -0.05) is 49.4 Å². The topological polar surface area (TPSA) is 3.24 Å². The molecule has 1 aliphatic rings. The van der Waals surface area contributed by atoms with Gasteiger partial charge >= 0.3 is 0 Å². The molecule has 1 atom stereocenters.